The first-order valence-corrected chi connectivity index (χ1v) is 7.51. The molecule has 0 aromatic heterocycles. The van der Waals surface area contributed by atoms with Gasteiger partial charge < -0.3 is 20.6 Å². The van der Waals surface area contributed by atoms with E-state index < -0.39 is 0 Å². The molecule has 1 aliphatic heterocycles. The molecule has 1 atom stereocenters. The van der Waals surface area contributed by atoms with Crippen molar-refractivity contribution < 1.29 is 9.94 Å². The van der Waals surface area contributed by atoms with Crippen LogP contribution >= 0.6 is 15.9 Å². The van der Waals surface area contributed by atoms with Crippen molar-refractivity contribution in [2.75, 3.05) is 25.1 Å². The molecule has 1 fully saturated rings. The minimum absolute atomic E-state index is 0.115. The number of likely N-dealkylation sites (N-methyl/N-ethyl adjacent to an activating group) is 1. The molecule has 1 unspecified atom stereocenters. The number of halogens is 1. The summed E-state index contributed by atoms with van der Waals surface area (Å²) in [5.41, 5.74) is 7.38. The maximum Gasteiger partial charge on any atom is 0.172 e. The van der Waals surface area contributed by atoms with E-state index in [-0.39, 0.29) is 11.9 Å². The third kappa shape index (κ3) is 3.64. The van der Waals surface area contributed by atoms with Crippen LogP contribution in [0.1, 0.15) is 24.8 Å². The molecule has 0 amide bonds. The van der Waals surface area contributed by atoms with Gasteiger partial charge in [0.2, 0.25) is 0 Å². The van der Waals surface area contributed by atoms with Crippen LogP contribution in [-0.2, 0) is 4.74 Å². The molecular formula is C14H20BrN3O2. The first-order chi connectivity index (χ1) is 9.61. The zero-order valence-corrected chi connectivity index (χ0v) is 13.1. The summed E-state index contributed by atoms with van der Waals surface area (Å²) >= 11 is 3.46. The number of hydrogen-bond donors (Lipinski definition) is 2. The summed E-state index contributed by atoms with van der Waals surface area (Å²) in [7, 11) is 1.99. The molecule has 20 heavy (non-hydrogen) atoms. The van der Waals surface area contributed by atoms with Gasteiger partial charge in [-0.1, -0.05) is 21.1 Å². The van der Waals surface area contributed by atoms with Gasteiger partial charge in [0.05, 0.1) is 6.10 Å². The van der Waals surface area contributed by atoms with Gasteiger partial charge in [-0.05, 0) is 37.5 Å². The molecule has 2 rings (SSSR count). The molecule has 0 saturated carbocycles. The third-order valence-corrected chi connectivity index (χ3v) is 4.00. The average Bonchev–Trinajstić information content (AvgIpc) is 2.47. The summed E-state index contributed by atoms with van der Waals surface area (Å²) in [6.07, 6.45) is 3.68. The molecule has 5 nitrogen and oxygen atoms in total. The molecule has 0 radical (unpaired) electrons. The molecule has 110 valence electrons. The zero-order chi connectivity index (χ0) is 14.5. The van der Waals surface area contributed by atoms with Crippen molar-refractivity contribution in [3.63, 3.8) is 0 Å². The van der Waals surface area contributed by atoms with Crippen LogP contribution in [0.3, 0.4) is 0 Å². The average molecular weight is 342 g/mol. The van der Waals surface area contributed by atoms with Crippen LogP contribution in [-0.4, -0.2) is 37.3 Å². The fourth-order valence-electron chi connectivity index (χ4n) is 2.45. The lowest BCUT2D eigenvalue weighted by Gasteiger charge is -2.29. The van der Waals surface area contributed by atoms with Crippen LogP contribution in [0, 0.1) is 0 Å². The van der Waals surface area contributed by atoms with E-state index in [4.69, 9.17) is 15.7 Å². The molecule has 1 aliphatic rings. The van der Waals surface area contributed by atoms with Crippen molar-refractivity contribution in [1.29, 1.82) is 0 Å². The summed E-state index contributed by atoms with van der Waals surface area (Å²) in [6, 6.07) is 5.69. The predicted octanol–water partition coefficient (Wildman–Crippen LogP) is 2.55. The van der Waals surface area contributed by atoms with E-state index in [0.29, 0.717) is 5.56 Å². The van der Waals surface area contributed by atoms with Crippen molar-refractivity contribution >= 4 is 27.5 Å². The summed E-state index contributed by atoms with van der Waals surface area (Å²) < 4.78 is 6.72. The van der Waals surface area contributed by atoms with E-state index in [1.807, 2.05) is 25.2 Å². The van der Waals surface area contributed by atoms with E-state index in [1.165, 1.54) is 6.42 Å². The molecule has 0 spiro atoms. The number of benzene rings is 1. The number of ether oxygens (including phenoxy) is 1. The monoisotopic (exact) mass is 341 g/mol. The Labute approximate surface area is 127 Å². The van der Waals surface area contributed by atoms with Gasteiger partial charge in [0.1, 0.15) is 0 Å². The lowest BCUT2D eigenvalue weighted by atomic mass is 10.1. The lowest BCUT2D eigenvalue weighted by Crippen LogP contribution is -2.34. The standard InChI is InChI=1S/C14H20BrN3O2/c1-18(9-11-4-2-3-7-20-11)13-8-10(15)5-6-12(13)14(16)17-19/h5-6,8,11,19H,2-4,7,9H2,1H3,(H2,16,17). The number of hydrogen-bond acceptors (Lipinski definition) is 4. The number of rotatable bonds is 4. The molecular weight excluding hydrogens is 322 g/mol. The smallest absolute Gasteiger partial charge is 0.172 e. The number of oxime groups is 1. The van der Waals surface area contributed by atoms with Crippen LogP contribution in [0.5, 0.6) is 0 Å². The van der Waals surface area contributed by atoms with E-state index in [2.05, 4.69) is 26.0 Å². The summed E-state index contributed by atoms with van der Waals surface area (Å²) in [6.45, 7) is 1.63. The van der Waals surface area contributed by atoms with Crippen molar-refractivity contribution in [3.05, 3.63) is 28.2 Å². The second-order valence-electron chi connectivity index (χ2n) is 5.02. The number of anilines is 1. The summed E-state index contributed by atoms with van der Waals surface area (Å²) in [5.74, 6) is 0.115. The van der Waals surface area contributed by atoms with E-state index in [9.17, 15) is 0 Å². The molecule has 1 saturated heterocycles. The summed E-state index contributed by atoms with van der Waals surface area (Å²) in [5, 5.41) is 12.0. The molecule has 1 aromatic carbocycles. The Bertz CT molecular complexity index is 487. The van der Waals surface area contributed by atoms with Gasteiger partial charge >= 0.3 is 0 Å². The third-order valence-electron chi connectivity index (χ3n) is 3.51. The summed E-state index contributed by atoms with van der Waals surface area (Å²) in [4.78, 5) is 2.09. The first kappa shape index (κ1) is 15.1. The highest BCUT2D eigenvalue weighted by atomic mass is 79.9. The lowest BCUT2D eigenvalue weighted by molar-refractivity contribution is 0.0216. The molecule has 6 heteroatoms. The minimum Gasteiger partial charge on any atom is -0.409 e. The Hall–Kier alpha value is -1.27. The largest absolute Gasteiger partial charge is 0.409 e. The highest BCUT2D eigenvalue weighted by molar-refractivity contribution is 9.10. The predicted molar refractivity (Wildman–Crippen MR) is 83.5 cm³/mol. The van der Waals surface area contributed by atoms with Crippen LogP contribution in [0.15, 0.2) is 27.8 Å². The van der Waals surface area contributed by atoms with Crippen molar-refractivity contribution in [2.24, 2.45) is 10.9 Å². The fraction of sp³-hybridized carbons (Fsp3) is 0.500. The Morgan fingerprint density at radius 3 is 3.00 bits per heavy atom. The van der Waals surface area contributed by atoms with Gasteiger partial charge in [-0.2, -0.15) is 0 Å². The molecule has 1 aromatic rings. The minimum atomic E-state index is 0.115. The SMILES string of the molecule is CN(CC1CCCCO1)c1cc(Br)ccc1/C(N)=N/O. The number of nitrogens with zero attached hydrogens (tertiary/aromatic N) is 2. The van der Waals surface area contributed by atoms with Crippen molar-refractivity contribution in [2.45, 2.75) is 25.4 Å². The van der Waals surface area contributed by atoms with Gasteiger partial charge in [-0.25, -0.2) is 0 Å². The van der Waals surface area contributed by atoms with Gasteiger partial charge in [-0.15, -0.1) is 0 Å². The zero-order valence-electron chi connectivity index (χ0n) is 11.6. The maximum absolute atomic E-state index is 8.89. The second-order valence-corrected chi connectivity index (χ2v) is 5.93. The molecule has 0 bridgehead atoms. The number of amidine groups is 1. The Morgan fingerprint density at radius 2 is 2.35 bits per heavy atom. The second kappa shape index (κ2) is 6.95. The van der Waals surface area contributed by atoms with Gasteiger partial charge in [0, 0.05) is 35.9 Å². The Kier molecular flexibility index (Phi) is 5.25. The van der Waals surface area contributed by atoms with Gasteiger partial charge in [0.25, 0.3) is 0 Å². The molecule has 1 heterocycles. The van der Waals surface area contributed by atoms with Crippen molar-refractivity contribution in [3.8, 4) is 0 Å². The molecule has 0 aliphatic carbocycles. The Morgan fingerprint density at radius 1 is 1.55 bits per heavy atom. The van der Waals surface area contributed by atoms with Crippen LogP contribution in [0.2, 0.25) is 0 Å². The highest BCUT2D eigenvalue weighted by Gasteiger charge is 2.18. The van der Waals surface area contributed by atoms with E-state index in [0.717, 1.165) is 36.2 Å². The van der Waals surface area contributed by atoms with Gasteiger partial charge in [-0.3, -0.25) is 0 Å². The van der Waals surface area contributed by atoms with Crippen LogP contribution in [0.4, 0.5) is 5.69 Å². The van der Waals surface area contributed by atoms with E-state index in [1.54, 1.807) is 0 Å². The highest BCUT2D eigenvalue weighted by Crippen LogP contribution is 2.25. The van der Waals surface area contributed by atoms with Crippen LogP contribution in [0.25, 0.3) is 0 Å². The quantitative estimate of drug-likeness (QED) is 0.382. The van der Waals surface area contributed by atoms with Crippen LogP contribution < -0.4 is 10.6 Å². The Balaban J connectivity index is 2.19. The fourth-order valence-corrected chi connectivity index (χ4v) is 2.80. The maximum atomic E-state index is 8.89. The topological polar surface area (TPSA) is 71.1 Å². The van der Waals surface area contributed by atoms with E-state index >= 15 is 0 Å². The molecule has 3 N–H and O–H groups in total. The first-order valence-electron chi connectivity index (χ1n) is 6.72. The van der Waals surface area contributed by atoms with Gasteiger partial charge in [0.15, 0.2) is 5.84 Å². The van der Waals surface area contributed by atoms with Crippen molar-refractivity contribution in [1.82, 2.24) is 0 Å². The number of nitrogens with two attached hydrogens (primary N) is 1. The normalized spacial score (nSPS) is 19.9.